The van der Waals surface area contributed by atoms with E-state index in [4.69, 9.17) is 0 Å². The normalized spacial score (nSPS) is 14.3. The van der Waals surface area contributed by atoms with Gasteiger partial charge in [-0.3, -0.25) is 9.78 Å². The molecule has 0 bridgehead atoms. The van der Waals surface area contributed by atoms with Crippen LogP contribution >= 0.6 is 0 Å². The first-order chi connectivity index (χ1) is 17.7. The number of imidazole rings is 1. The summed E-state index contributed by atoms with van der Waals surface area (Å²) in [5.41, 5.74) is -0.212. The fourth-order valence-electron chi connectivity index (χ4n) is 4.46. The van der Waals surface area contributed by atoms with E-state index in [1.54, 1.807) is 32.0 Å². The highest BCUT2D eigenvalue weighted by Crippen LogP contribution is 2.32. The fourth-order valence-corrected chi connectivity index (χ4v) is 4.46. The molecule has 8 nitrogen and oxygen atoms in total. The second kappa shape index (κ2) is 11.1. The van der Waals surface area contributed by atoms with E-state index < -0.39 is 29.1 Å². The summed E-state index contributed by atoms with van der Waals surface area (Å²) in [5, 5.41) is 24.6. The van der Waals surface area contributed by atoms with Crippen molar-refractivity contribution in [2.45, 2.75) is 63.2 Å². The quantitative estimate of drug-likeness (QED) is 0.228. The Hall–Kier alpha value is -3.69. The molecule has 4 aromatic rings. The summed E-state index contributed by atoms with van der Waals surface area (Å²) >= 11 is 0. The Labute approximate surface area is 215 Å². The Balaban J connectivity index is 1.70. The average molecular weight is 506 g/mol. The van der Waals surface area contributed by atoms with Gasteiger partial charge in [0.25, 0.3) is 5.91 Å². The van der Waals surface area contributed by atoms with Gasteiger partial charge >= 0.3 is 0 Å². The Morgan fingerprint density at radius 2 is 1.73 bits per heavy atom. The highest BCUT2D eigenvalue weighted by molar-refractivity contribution is 5.94. The molecule has 9 heteroatoms. The summed E-state index contributed by atoms with van der Waals surface area (Å²) in [6, 6.07) is 16.5. The number of hydrogen-bond acceptors (Lipinski definition) is 6. The number of amides is 1. The Kier molecular flexibility index (Phi) is 7.94. The van der Waals surface area contributed by atoms with E-state index in [9.17, 15) is 19.4 Å². The maximum Gasteiger partial charge on any atom is 0.272 e. The number of carbonyl (C=O) groups excluding carboxylic acids is 1. The number of nitrogens with one attached hydrogen (secondary N) is 2. The number of H-pyrrole nitrogens is 1. The van der Waals surface area contributed by atoms with E-state index >= 15 is 0 Å². The fraction of sp³-hybridized carbons (Fsp3) is 0.357. The van der Waals surface area contributed by atoms with Crippen LogP contribution in [-0.2, 0) is 12.0 Å². The maximum absolute atomic E-state index is 14.2. The molecule has 1 amide bonds. The number of para-hydroxylation sites is 2. The largest absolute Gasteiger partial charge is 0.390 e. The average Bonchev–Trinajstić information content (AvgIpc) is 3.32. The van der Waals surface area contributed by atoms with Crippen molar-refractivity contribution in [2.75, 3.05) is 0 Å². The summed E-state index contributed by atoms with van der Waals surface area (Å²) in [5.74, 6) is -1.14. The zero-order valence-corrected chi connectivity index (χ0v) is 21.0. The number of aliphatic hydroxyl groups excluding tert-OH is 1. The summed E-state index contributed by atoms with van der Waals surface area (Å²) < 4.78 is 14.2. The smallest absolute Gasteiger partial charge is 0.272 e. The number of hydrogen-bond donors (Lipinski definition) is 4. The molecule has 0 unspecified atom stereocenters. The van der Waals surface area contributed by atoms with Gasteiger partial charge in [0, 0.05) is 6.42 Å². The summed E-state index contributed by atoms with van der Waals surface area (Å²) in [7, 11) is 0. The van der Waals surface area contributed by atoms with Gasteiger partial charge in [0.05, 0.1) is 35.1 Å². The van der Waals surface area contributed by atoms with Crippen LogP contribution in [0.25, 0.3) is 11.0 Å². The van der Waals surface area contributed by atoms with E-state index in [-0.39, 0.29) is 24.4 Å². The minimum Gasteiger partial charge on any atom is -0.390 e. The van der Waals surface area contributed by atoms with Crippen molar-refractivity contribution in [1.82, 2.24) is 25.3 Å². The Morgan fingerprint density at radius 3 is 2.41 bits per heavy atom. The summed E-state index contributed by atoms with van der Waals surface area (Å²) in [6.45, 7) is 3.47. The lowest BCUT2D eigenvalue weighted by atomic mass is 9.81. The molecule has 0 aliphatic rings. The second-order valence-corrected chi connectivity index (χ2v) is 9.99. The van der Waals surface area contributed by atoms with Crippen LogP contribution < -0.4 is 5.32 Å². The number of nitrogens with zero attached hydrogens (tertiary/aromatic N) is 3. The first kappa shape index (κ1) is 26.4. The number of aliphatic hydroxyl groups is 2. The van der Waals surface area contributed by atoms with Gasteiger partial charge in [0.1, 0.15) is 17.1 Å². The minimum atomic E-state index is -1.48. The standard InChI is InChI=1S/C28H32FN5O3/c1-27(2,37)15-9-8-14-23(35)28(26-31-18-24(29)33-26,16-19-10-4-3-5-11-19)34-25(36)22-17-30-20-12-6-7-13-21(20)32-22/h3-7,10-13,17-18,23,35,37H,8-9,14-16H2,1-2H3,(H,31,33)(H,34,36)/t23-,28+/m0/s1. The lowest BCUT2D eigenvalue weighted by molar-refractivity contribution is 0.0334. The van der Waals surface area contributed by atoms with Crippen LogP contribution in [0.3, 0.4) is 0 Å². The van der Waals surface area contributed by atoms with Crippen molar-refractivity contribution >= 4 is 16.9 Å². The van der Waals surface area contributed by atoms with Crippen molar-refractivity contribution in [2.24, 2.45) is 0 Å². The Morgan fingerprint density at radius 1 is 1.03 bits per heavy atom. The van der Waals surface area contributed by atoms with Crippen molar-refractivity contribution in [3.63, 3.8) is 0 Å². The number of fused-ring (bicyclic) bond motifs is 1. The SMILES string of the molecule is CC(C)(O)CCCC[C@H](O)[C@@](Cc1ccccc1)(NC(=O)c1cnc2ccccc2n1)c1ncc(F)[nH]1. The van der Waals surface area contributed by atoms with E-state index in [1.165, 1.54) is 6.20 Å². The van der Waals surface area contributed by atoms with Crippen LogP contribution in [0.15, 0.2) is 67.0 Å². The van der Waals surface area contributed by atoms with Crippen LogP contribution in [0.1, 0.15) is 61.4 Å². The number of halogens is 1. The zero-order valence-electron chi connectivity index (χ0n) is 21.0. The van der Waals surface area contributed by atoms with Gasteiger partial charge in [-0.25, -0.2) is 9.97 Å². The third-order valence-electron chi connectivity index (χ3n) is 6.40. The van der Waals surface area contributed by atoms with E-state index in [0.29, 0.717) is 30.3 Å². The molecular weight excluding hydrogens is 473 g/mol. The molecule has 0 radical (unpaired) electrons. The molecule has 2 aromatic heterocycles. The van der Waals surface area contributed by atoms with Crippen molar-refractivity contribution < 1.29 is 19.4 Å². The highest BCUT2D eigenvalue weighted by atomic mass is 19.1. The predicted octanol–water partition coefficient (Wildman–Crippen LogP) is 4.05. The molecule has 4 rings (SSSR count). The minimum absolute atomic E-state index is 0.0670. The van der Waals surface area contributed by atoms with E-state index in [2.05, 4.69) is 25.3 Å². The number of unbranched alkanes of at least 4 members (excludes halogenated alkanes) is 1. The van der Waals surface area contributed by atoms with Gasteiger partial charge in [-0.2, -0.15) is 4.39 Å². The number of aromatic amines is 1. The molecular formula is C28H32FN5O3. The topological polar surface area (TPSA) is 124 Å². The summed E-state index contributed by atoms with van der Waals surface area (Å²) in [6.07, 6.45) is 3.52. The van der Waals surface area contributed by atoms with Crippen LogP contribution in [0.2, 0.25) is 0 Å². The van der Waals surface area contributed by atoms with Crippen molar-refractivity contribution in [3.05, 3.63) is 90.0 Å². The molecule has 4 N–H and O–H groups in total. The number of carbonyl (C=O) groups is 1. The molecule has 2 atom stereocenters. The van der Waals surface area contributed by atoms with E-state index in [0.717, 1.165) is 11.8 Å². The number of rotatable bonds is 11. The first-order valence-corrected chi connectivity index (χ1v) is 12.4. The number of benzene rings is 2. The van der Waals surface area contributed by atoms with Gasteiger partial charge < -0.3 is 20.5 Å². The molecule has 0 aliphatic carbocycles. The predicted molar refractivity (Wildman–Crippen MR) is 138 cm³/mol. The van der Waals surface area contributed by atoms with Gasteiger partial charge in [-0.1, -0.05) is 55.3 Å². The van der Waals surface area contributed by atoms with Gasteiger partial charge in [0.15, 0.2) is 0 Å². The lowest BCUT2D eigenvalue weighted by Crippen LogP contribution is -2.56. The molecule has 0 fully saturated rings. The van der Waals surface area contributed by atoms with Gasteiger partial charge in [0.2, 0.25) is 5.95 Å². The summed E-state index contributed by atoms with van der Waals surface area (Å²) in [4.78, 5) is 29.1. The molecule has 37 heavy (non-hydrogen) atoms. The third kappa shape index (κ3) is 6.55. The lowest BCUT2D eigenvalue weighted by Gasteiger charge is -2.37. The van der Waals surface area contributed by atoms with Gasteiger partial charge in [-0.15, -0.1) is 0 Å². The van der Waals surface area contributed by atoms with Crippen molar-refractivity contribution in [1.29, 1.82) is 0 Å². The Bertz CT molecular complexity index is 1340. The van der Waals surface area contributed by atoms with Crippen LogP contribution in [-0.4, -0.2) is 47.8 Å². The number of aromatic nitrogens is 4. The molecule has 2 aromatic carbocycles. The highest BCUT2D eigenvalue weighted by Gasteiger charge is 2.44. The molecule has 0 aliphatic heterocycles. The van der Waals surface area contributed by atoms with Crippen LogP contribution in [0, 0.1) is 5.95 Å². The zero-order chi connectivity index (χ0) is 26.5. The van der Waals surface area contributed by atoms with E-state index in [1.807, 2.05) is 36.4 Å². The van der Waals surface area contributed by atoms with Gasteiger partial charge in [-0.05, 0) is 44.4 Å². The van der Waals surface area contributed by atoms with Crippen LogP contribution in [0.4, 0.5) is 4.39 Å². The monoisotopic (exact) mass is 505 g/mol. The molecule has 0 spiro atoms. The van der Waals surface area contributed by atoms with Crippen LogP contribution in [0.5, 0.6) is 0 Å². The molecule has 0 saturated heterocycles. The maximum atomic E-state index is 14.2. The second-order valence-electron chi connectivity index (χ2n) is 9.99. The third-order valence-corrected chi connectivity index (χ3v) is 6.40. The molecule has 194 valence electrons. The van der Waals surface area contributed by atoms with Crippen molar-refractivity contribution in [3.8, 4) is 0 Å². The molecule has 2 heterocycles. The molecule has 0 saturated carbocycles. The first-order valence-electron chi connectivity index (χ1n) is 12.4.